The van der Waals surface area contributed by atoms with Gasteiger partial charge >= 0.3 is 0 Å². The number of rotatable bonds is 7. The van der Waals surface area contributed by atoms with Gasteiger partial charge in [0.2, 0.25) is 0 Å². The summed E-state index contributed by atoms with van der Waals surface area (Å²) in [4.78, 5) is 16.2. The summed E-state index contributed by atoms with van der Waals surface area (Å²) < 4.78 is 24.4. The van der Waals surface area contributed by atoms with Gasteiger partial charge in [-0.1, -0.05) is 6.07 Å². The van der Waals surface area contributed by atoms with Gasteiger partial charge in [0.25, 0.3) is 15.9 Å². The number of nitrogens with one attached hydrogen (secondary N) is 2. The number of nitrogens with zero attached hydrogens (tertiary/aromatic N) is 2. The third-order valence-corrected chi connectivity index (χ3v) is 5.08. The summed E-state index contributed by atoms with van der Waals surface area (Å²) in [6, 6.07) is 14.3. The van der Waals surface area contributed by atoms with E-state index in [-0.39, 0.29) is 10.5 Å². The van der Waals surface area contributed by atoms with Crippen LogP contribution < -0.4 is 15.2 Å². The Morgan fingerprint density at radius 2 is 1.77 bits per heavy atom. The van der Waals surface area contributed by atoms with Crippen molar-refractivity contribution in [1.29, 1.82) is 5.26 Å². The van der Waals surface area contributed by atoms with Gasteiger partial charge in [-0.2, -0.15) is 5.26 Å². The Morgan fingerprint density at radius 1 is 1.12 bits per heavy atom. The first-order valence-electron chi connectivity index (χ1n) is 8.08. The summed E-state index contributed by atoms with van der Waals surface area (Å²) in [7, 11) is -3.97. The van der Waals surface area contributed by atoms with E-state index in [1.54, 1.807) is 12.1 Å². The van der Waals surface area contributed by atoms with E-state index >= 15 is 0 Å². The van der Waals surface area contributed by atoms with E-state index in [1.165, 1.54) is 24.3 Å². The molecule has 26 heavy (non-hydrogen) atoms. The van der Waals surface area contributed by atoms with Crippen LogP contribution in [0.5, 0.6) is 0 Å². The lowest BCUT2D eigenvalue weighted by atomic mass is 10.2. The third-order valence-electron chi connectivity index (χ3n) is 3.83. The van der Waals surface area contributed by atoms with Crippen molar-refractivity contribution < 1.29 is 13.2 Å². The average molecular weight is 372 g/mol. The quantitative estimate of drug-likeness (QED) is 0.724. The molecule has 0 saturated carbocycles. The van der Waals surface area contributed by atoms with Gasteiger partial charge in [-0.05, 0) is 56.3 Å². The van der Waals surface area contributed by atoms with Gasteiger partial charge in [-0.3, -0.25) is 10.2 Å². The van der Waals surface area contributed by atoms with Crippen LogP contribution in [0.15, 0.2) is 53.4 Å². The predicted octanol–water partition coefficient (Wildman–Crippen LogP) is 2.03. The first-order chi connectivity index (χ1) is 12.4. The Bertz CT molecular complexity index is 914. The smallest absolute Gasteiger partial charge is 0.266 e. The fraction of sp³-hybridized carbons (Fsp3) is 0.222. The lowest BCUT2D eigenvalue weighted by Gasteiger charge is -2.21. The number of amides is 1. The number of hydrazine groups is 1. The van der Waals surface area contributed by atoms with Crippen LogP contribution in [0.4, 0.5) is 5.69 Å². The molecule has 0 bridgehead atoms. The fourth-order valence-corrected chi connectivity index (χ4v) is 3.27. The number of anilines is 1. The van der Waals surface area contributed by atoms with Crippen molar-refractivity contribution in [3.05, 3.63) is 59.7 Å². The molecule has 0 aliphatic carbocycles. The molecule has 2 aromatic carbocycles. The molecular weight excluding hydrogens is 352 g/mol. The van der Waals surface area contributed by atoms with Crippen molar-refractivity contribution in [2.45, 2.75) is 18.7 Å². The second-order valence-electron chi connectivity index (χ2n) is 5.42. The molecule has 0 spiro atoms. The van der Waals surface area contributed by atoms with Crippen molar-refractivity contribution in [2.24, 2.45) is 0 Å². The SMILES string of the molecule is CCN(CC)c1ccc(C(=O)NNS(=O)(=O)c2cccc(C#N)c2)cc1. The van der Waals surface area contributed by atoms with E-state index in [1.807, 2.05) is 36.9 Å². The van der Waals surface area contributed by atoms with Gasteiger partial charge in [-0.15, -0.1) is 4.83 Å². The lowest BCUT2D eigenvalue weighted by molar-refractivity contribution is 0.0945. The first kappa shape index (κ1) is 19.4. The molecule has 2 rings (SSSR count). The summed E-state index contributed by atoms with van der Waals surface area (Å²) in [5.74, 6) is -0.573. The largest absolute Gasteiger partial charge is 0.372 e. The highest BCUT2D eigenvalue weighted by Gasteiger charge is 2.16. The van der Waals surface area contributed by atoms with Crippen LogP contribution in [0.2, 0.25) is 0 Å². The van der Waals surface area contributed by atoms with Crippen LogP contribution in [0.1, 0.15) is 29.8 Å². The molecule has 0 radical (unpaired) electrons. The van der Waals surface area contributed by atoms with Crippen molar-refractivity contribution in [3.63, 3.8) is 0 Å². The van der Waals surface area contributed by atoms with Gasteiger partial charge < -0.3 is 4.90 Å². The minimum atomic E-state index is -3.97. The Morgan fingerprint density at radius 3 is 2.35 bits per heavy atom. The highest BCUT2D eigenvalue weighted by Crippen LogP contribution is 2.15. The van der Waals surface area contributed by atoms with E-state index in [0.29, 0.717) is 5.56 Å². The third kappa shape index (κ3) is 4.59. The van der Waals surface area contributed by atoms with Crippen molar-refractivity contribution >= 4 is 21.6 Å². The molecule has 0 unspecified atom stereocenters. The molecule has 0 heterocycles. The molecule has 7 nitrogen and oxygen atoms in total. The van der Waals surface area contributed by atoms with E-state index in [9.17, 15) is 13.2 Å². The fourth-order valence-electron chi connectivity index (χ4n) is 2.39. The van der Waals surface area contributed by atoms with Crippen LogP contribution in [-0.4, -0.2) is 27.4 Å². The van der Waals surface area contributed by atoms with Crippen molar-refractivity contribution in [2.75, 3.05) is 18.0 Å². The molecule has 0 fully saturated rings. The number of sulfonamides is 1. The van der Waals surface area contributed by atoms with Crippen molar-refractivity contribution in [1.82, 2.24) is 10.3 Å². The standard InChI is InChI=1S/C18H20N4O3S/c1-3-22(4-2)16-10-8-15(9-11-16)18(23)20-21-26(24,25)17-7-5-6-14(12-17)13-19/h5-12,21H,3-4H2,1-2H3,(H,20,23). The summed E-state index contributed by atoms with van der Waals surface area (Å²) in [5.41, 5.74) is 3.71. The second-order valence-corrected chi connectivity index (χ2v) is 7.10. The minimum Gasteiger partial charge on any atom is -0.372 e. The van der Waals surface area contributed by atoms with Gasteiger partial charge in [-0.25, -0.2) is 8.42 Å². The molecule has 1 amide bonds. The molecule has 0 atom stereocenters. The molecule has 8 heteroatoms. The van der Waals surface area contributed by atoms with Gasteiger partial charge in [0.05, 0.1) is 16.5 Å². The van der Waals surface area contributed by atoms with E-state index in [4.69, 9.17) is 5.26 Å². The van der Waals surface area contributed by atoms with E-state index in [2.05, 4.69) is 10.3 Å². The molecule has 0 aliphatic rings. The minimum absolute atomic E-state index is 0.103. The van der Waals surface area contributed by atoms with Gasteiger partial charge in [0.1, 0.15) is 0 Å². The summed E-state index contributed by atoms with van der Waals surface area (Å²) in [5, 5.41) is 8.85. The maximum Gasteiger partial charge on any atom is 0.266 e. The number of benzene rings is 2. The number of hydrogen-bond acceptors (Lipinski definition) is 5. The normalized spacial score (nSPS) is 10.8. The van der Waals surface area contributed by atoms with Crippen LogP contribution >= 0.6 is 0 Å². The second kappa shape index (κ2) is 8.47. The first-order valence-corrected chi connectivity index (χ1v) is 9.57. The predicted molar refractivity (Wildman–Crippen MR) is 98.9 cm³/mol. The van der Waals surface area contributed by atoms with Crippen LogP contribution in [0.3, 0.4) is 0 Å². The summed E-state index contributed by atoms with van der Waals surface area (Å²) >= 11 is 0. The Balaban J connectivity index is 2.07. The maximum absolute atomic E-state index is 12.2. The number of hydrogen-bond donors (Lipinski definition) is 2. The zero-order chi connectivity index (χ0) is 19.2. The van der Waals surface area contributed by atoms with Crippen molar-refractivity contribution in [3.8, 4) is 6.07 Å². The topological polar surface area (TPSA) is 102 Å². The number of carbonyl (C=O) groups excluding carboxylic acids is 1. The highest BCUT2D eigenvalue weighted by atomic mass is 32.2. The van der Waals surface area contributed by atoms with E-state index in [0.717, 1.165) is 18.8 Å². The Labute approximate surface area is 153 Å². The number of carbonyl (C=O) groups is 1. The molecular formula is C18H20N4O3S. The zero-order valence-electron chi connectivity index (χ0n) is 14.6. The summed E-state index contributed by atoms with van der Waals surface area (Å²) in [6.45, 7) is 5.79. The molecule has 2 N–H and O–H groups in total. The van der Waals surface area contributed by atoms with Gasteiger partial charge in [0, 0.05) is 24.3 Å². The van der Waals surface area contributed by atoms with Crippen LogP contribution in [0.25, 0.3) is 0 Å². The Hall–Kier alpha value is -2.89. The van der Waals surface area contributed by atoms with Crippen LogP contribution in [-0.2, 0) is 10.0 Å². The molecule has 0 aliphatic heterocycles. The lowest BCUT2D eigenvalue weighted by Crippen LogP contribution is -2.41. The molecule has 0 saturated heterocycles. The number of nitriles is 1. The van der Waals surface area contributed by atoms with E-state index < -0.39 is 15.9 Å². The monoisotopic (exact) mass is 372 g/mol. The van der Waals surface area contributed by atoms with Gasteiger partial charge in [0.15, 0.2) is 0 Å². The molecule has 0 aromatic heterocycles. The zero-order valence-corrected chi connectivity index (χ0v) is 15.4. The average Bonchev–Trinajstić information content (AvgIpc) is 2.67. The molecule has 2 aromatic rings. The summed E-state index contributed by atoms with van der Waals surface area (Å²) in [6.07, 6.45) is 0. The highest BCUT2D eigenvalue weighted by molar-refractivity contribution is 7.89. The Kier molecular flexibility index (Phi) is 6.33. The molecule has 136 valence electrons. The maximum atomic E-state index is 12.2. The van der Waals surface area contributed by atoms with Crippen LogP contribution in [0, 0.1) is 11.3 Å².